The van der Waals surface area contributed by atoms with E-state index in [0.29, 0.717) is 12.0 Å². The molecule has 1 N–H and O–H groups in total. The van der Waals surface area contributed by atoms with Gasteiger partial charge in [-0.3, -0.25) is 0 Å². The third-order valence-electron chi connectivity index (χ3n) is 4.06. The zero-order chi connectivity index (χ0) is 13.4. The molecule has 0 bridgehead atoms. The Hall–Kier alpha value is -1.35. The standard InChI is InChI=1S/C16H23N3/c1-11(2)16-18-14-10-12(3)4-5-15(14)19(16)13-6-8-17-9-7-13/h4-5,10-11,13,17H,6-9H2,1-3H3. The highest BCUT2D eigenvalue weighted by atomic mass is 15.1. The molecule has 1 aliphatic rings. The predicted molar refractivity (Wildman–Crippen MR) is 79.7 cm³/mol. The lowest BCUT2D eigenvalue weighted by atomic mass is 10.0. The van der Waals surface area contributed by atoms with Gasteiger partial charge in [-0.15, -0.1) is 0 Å². The number of nitrogens with one attached hydrogen (secondary N) is 1. The lowest BCUT2D eigenvalue weighted by Gasteiger charge is -2.27. The van der Waals surface area contributed by atoms with Crippen LogP contribution in [0.4, 0.5) is 0 Å². The van der Waals surface area contributed by atoms with E-state index in [-0.39, 0.29) is 0 Å². The number of aromatic nitrogens is 2. The molecular formula is C16H23N3. The van der Waals surface area contributed by atoms with Gasteiger partial charge in [0.05, 0.1) is 11.0 Å². The molecule has 0 spiro atoms. The van der Waals surface area contributed by atoms with E-state index in [9.17, 15) is 0 Å². The number of hydrogen-bond acceptors (Lipinski definition) is 2. The molecule has 0 saturated carbocycles. The molecule has 2 aromatic rings. The highest BCUT2D eigenvalue weighted by Crippen LogP contribution is 2.30. The summed E-state index contributed by atoms with van der Waals surface area (Å²) in [5.41, 5.74) is 3.75. The van der Waals surface area contributed by atoms with Crippen molar-refractivity contribution in [1.82, 2.24) is 14.9 Å². The van der Waals surface area contributed by atoms with Gasteiger partial charge in [-0.2, -0.15) is 0 Å². The summed E-state index contributed by atoms with van der Waals surface area (Å²) in [5.74, 6) is 1.72. The quantitative estimate of drug-likeness (QED) is 0.893. The summed E-state index contributed by atoms with van der Waals surface area (Å²) in [6.07, 6.45) is 2.41. The summed E-state index contributed by atoms with van der Waals surface area (Å²) < 4.78 is 2.50. The maximum atomic E-state index is 4.89. The molecule has 3 rings (SSSR count). The Bertz CT molecular complexity index is 577. The fourth-order valence-electron chi connectivity index (χ4n) is 3.08. The van der Waals surface area contributed by atoms with Crippen molar-refractivity contribution in [3.8, 4) is 0 Å². The molecule has 1 saturated heterocycles. The largest absolute Gasteiger partial charge is 0.325 e. The minimum atomic E-state index is 0.475. The second-order valence-corrected chi connectivity index (χ2v) is 5.97. The van der Waals surface area contributed by atoms with E-state index < -0.39 is 0 Å². The van der Waals surface area contributed by atoms with Crippen molar-refractivity contribution in [2.75, 3.05) is 13.1 Å². The zero-order valence-electron chi connectivity index (χ0n) is 12.1. The summed E-state index contributed by atoms with van der Waals surface area (Å²) in [6, 6.07) is 7.25. The van der Waals surface area contributed by atoms with Crippen LogP contribution in [-0.2, 0) is 0 Å². The molecule has 0 unspecified atom stereocenters. The Kier molecular flexibility index (Phi) is 3.31. The molecule has 19 heavy (non-hydrogen) atoms. The normalized spacial score (nSPS) is 17.5. The van der Waals surface area contributed by atoms with Gasteiger partial charge in [-0.1, -0.05) is 19.9 Å². The molecule has 1 aromatic carbocycles. The van der Waals surface area contributed by atoms with E-state index in [4.69, 9.17) is 4.98 Å². The molecule has 0 amide bonds. The van der Waals surface area contributed by atoms with Crippen LogP contribution < -0.4 is 5.32 Å². The summed E-state index contributed by atoms with van der Waals surface area (Å²) in [5, 5.41) is 3.45. The molecule has 1 fully saturated rings. The number of hydrogen-bond donors (Lipinski definition) is 1. The van der Waals surface area contributed by atoms with Crippen LogP contribution >= 0.6 is 0 Å². The van der Waals surface area contributed by atoms with Gasteiger partial charge in [-0.05, 0) is 50.6 Å². The Balaban J connectivity index is 2.15. The average Bonchev–Trinajstić information content (AvgIpc) is 2.78. The minimum absolute atomic E-state index is 0.475. The van der Waals surface area contributed by atoms with Crippen molar-refractivity contribution < 1.29 is 0 Å². The van der Waals surface area contributed by atoms with E-state index >= 15 is 0 Å². The molecule has 3 heteroatoms. The highest BCUT2D eigenvalue weighted by molar-refractivity contribution is 5.77. The monoisotopic (exact) mass is 257 g/mol. The molecule has 1 aromatic heterocycles. The maximum Gasteiger partial charge on any atom is 0.112 e. The van der Waals surface area contributed by atoms with E-state index in [1.807, 2.05) is 0 Å². The smallest absolute Gasteiger partial charge is 0.112 e. The van der Waals surface area contributed by atoms with Crippen LogP contribution in [0.1, 0.15) is 50.0 Å². The fraction of sp³-hybridized carbons (Fsp3) is 0.562. The van der Waals surface area contributed by atoms with Crippen LogP contribution in [0.15, 0.2) is 18.2 Å². The Morgan fingerprint density at radius 3 is 2.68 bits per heavy atom. The Morgan fingerprint density at radius 2 is 2.00 bits per heavy atom. The second-order valence-electron chi connectivity index (χ2n) is 5.97. The third-order valence-corrected chi connectivity index (χ3v) is 4.06. The molecule has 3 nitrogen and oxygen atoms in total. The van der Waals surface area contributed by atoms with Gasteiger partial charge in [0.1, 0.15) is 5.82 Å². The molecule has 102 valence electrons. The van der Waals surface area contributed by atoms with Crippen molar-refractivity contribution in [2.45, 2.75) is 45.6 Å². The predicted octanol–water partition coefficient (Wildman–Crippen LogP) is 3.39. The number of nitrogens with zero attached hydrogens (tertiary/aromatic N) is 2. The fourth-order valence-corrected chi connectivity index (χ4v) is 3.08. The van der Waals surface area contributed by atoms with E-state index in [2.05, 4.69) is 48.9 Å². The lowest BCUT2D eigenvalue weighted by Crippen LogP contribution is -2.30. The Morgan fingerprint density at radius 1 is 1.26 bits per heavy atom. The van der Waals surface area contributed by atoms with Crippen molar-refractivity contribution in [1.29, 1.82) is 0 Å². The third kappa shape index (κ3) is 2.27. The number of benzene rings is 1. The van der Waals surface area contributed by atoms with Gasteiger partial charge < -0.3 is 9.88 Å². The van der Waals surface area contributed by atoms with Crippen molar-refractivity contribution >= 4 is 11.0 Å². The van der Waals surface area contributed by atoms with Gasteiger partial charge in [0, 0.05) is 12.0 Å². The molecule has 1 aliphatic heterocycles. The molecule has 0 radical (unpaired) electrons. The van der Waals surface area contributed by atoms with Crippen LogP contribution in [0.5, 0.6) is 0 Å². The van der Waals surface area contributed by atoms with E-state index in [1.54, 1.807) is 0 Å². The Labute approximate surface area is 115 Å². The summed E-state index contributed by atoms with van der Waals surface area (Å²) in [7, 11) is 0. The van der Waals surface area contributed by atoms with Crippen molar-refractivity contribution in [3.05, 3.63) is 29.6 Å². The van der Waals surface area contributed by atoms with Crippen LogP contribution in [0.2, 0.25) is 0 Å². The number of fused-ring (bicyclic) bond motifs is 1. The lowest BCUT2D eigenvalue weighted by molar-refractivity contribution is 0.364. The molecule has 0 aliphatic carbocycles. The average molecular weight is 257 g/mol. The van der Waals surface area contributed by atoms with Crippen LogP contribution in [0.3, 0.4) is 0 Å². The number of aryl methyl sites for hydroxylation is 1. The van der Waals surface area contributed by atoms with Crippen molar-refractivity contribution in [2.24, 2.45) is 0 Å². The van der Waals surface area contributed by atoms with Crippen LogP contribution in [0, 0.1) is 6.92 Å². The summed E-state index contributed by atoms with van der Waals surface area (Å²) >= 11 is 0. The number of rotatable bonds is 2. The second kappa shape index (κ2) is 4.97. The van der Waals surface area contributed by atoms with Crippen LogP contribution in [-0.4, -0.2) is 22.6 Å². The van der Waals surface area contributed by atoms with Crippen molar-refractivity contribution in [3.63, 3.8) is 0 Å². The molecular weight excluding hydrogens is 234 g/mol. The minimum Gasteiger partial charge on any atom is -0.325 e. The van der Waals surface area contributed by atoms with Gasteiger partial charge in [-0.25, -0.2) is 4.98 Å². The van der Waals surface area contributed by atoms with Gasteiger partial charge in [0.2, 0.25) is 0 Å². The van der Waals surface area contributed by atoms with Gasteiger partial charge >= 0.3 is 0 Å². The zero-order valence-corrected chi connectivity index (χ0v) is 12.1. The number of imidazole rings is 1. The first-order valence-electron chi connectivity index (χ1n) is 7.36. The van der Waals surface area contributed by atoms with Crippen LogP contribution in [0.25, 0.3) is 11.0 Å². The molecule has 0 atom stereocenters. The first-order chi connectivity index (χ1) is 9.16. The maximum absolute atomic E-state index is 4.89. The highest BCUT2D eigenvalue weighted by Gasteiger charge is 2.22. The van der Waals surface area contributed by atoms with Gasteiger partial charge in [0.15, 0.2) is 0 Å². The summed E-state index contributed by atoms with van der Waals surface area (Å²) in [4.78, 5) is 4.89. The number of piperidine rings is 1. The van der Waals surface area contributed by atoms with E-state index in [1.165, 1.54) is 29.7 Å². The SMILES string of the molecule is Cc1ccc2c(c1)nc(C(C)C)n2C1CCNCC1. The summed E-state index contributed by atoms with van der Waals surface area (Å²) in [6.45, 7) is 8.86. The first-order valence-corrected chi connectivity index (χ1v) is 7.36. The van der Waals surface area contributed by atoms with Gasteiger partial charge in [0.25, 0.3) is 0 Å². The first kappa shape index (κ1) is 12.7. The van der Waals surface area contributed by atoms with E-state index in [0.717, 1.165) is 18.6 Å². The molecule has 2 heterocycles. The topological polar surface area (TPSA) is 29.9 Å².